The van der Waals surface area contributed by atoms with Crippen molar-refractivity contribution in [2.75, 3.05) is 5.32 Å². The number of hydrogen-bond acceptors (Lipinski definition) is 2. The molecule has 0 aliphatic heterocycles. The maximum Gasteiger partial charge on any atom is 0.319 e. The van der Waals surface area contributed by atoms with Crippen LogP contribution in [-0.2, 0) is 5.54 Å². The second-order valence-electron chi connectivity index (χ2n) is 7.54. The topological polar surface area (TPSA) is 84.2 Å². The lowest BCUT2D eigenvalue weighted by molar-refractivity contribution is 0.0999. The molecule has 0 spiro atoms. The number of benzene rings is 3. The predicted molar refractivity (Wildman–Crippen MR) is 117 cm³/mol. The van der Waals surface area contributed by atoms with Gasteiger partial charge in [0.15, 0.2) is 0 Å². The SMILES string of the molecule is Cc1ccc(NC(=O)NC(C)(C)c2cccc(-c3ccccc3)c2)cc1C(N)=O. The number of amides is 3. The fourth-order valence-electron chi connectivity index (χ4n) is 3.20. The van der Waals surface area contributed by atoms with Crippen LogP contribution in [0.3, 0.4) is 0 Å². The number of carbonyl (C=O) groups excluding carboxylic acids is 2. The van der Waals surface area contributed by atoms with Gasteiger partial charge < -0.3 is 16.4 Å². The van der Waals surface area contributed by atoms with Crippen LogP contribution < -0.4 is 16.4 Å². The van der Waals surface area contributed by atoms with Gasteiger partial charge in [-0.25, -0.2) is 4.79 Å². The summed E-state index contributed by atoms with van der Waals surface area (Å²) in [5.41, 5.74) is 9.63. The molecule has 0 bridgehead atoms. The summed E-state index contributed by atoms with van der Waals surface area (Å²) in [6, 6.07) is 22.9. The van der Waals surface area contributed by atoms with Crippen molar-refractivity contribution < 1.29 is 9.59 Å². The summed E-state index contributed by atoms with van der Waals surface area (Å²) in [6.45, 7) is 5.69. The number of nitrogens with one attached hydrogen (secondary N) is 2. The summed E-state index contributed by atoms with van der Waals surface area (Å²) in [6.07, 6.45) is 0. The molecule has 0 atom stereocenters. The Labute approximate surface area is 170 Å². The fraction of sp³-hybridized carbons (Fsp3) is 0.167. The van der Waals surface area contributed by atoms with Gasteiger partial charge in [0.2, 0.25) is 5.91 Å². The van der Waals surface area contributed by atoms with Crippen LogP contribution in [0, 0.1) is 6.92 Å². The van der Waals surface area contributed by atoms with Crippen LogP contribution in [-0.4, -0.2) is 11.9 Å². The third-order valence-corrected chi connectivity index (χ3v) is 4.88. The highest BCUT2D eigenvalue weighted by atomic mass is 16.2. The third kappa shape index (κ3) is 4.82. The number of anilines is 1. The van der Waals surface area contributed by atoms with E-state index >= 15 is 0 Å². The van der Waals surface area contributed by atoms with Crippen molar-refractivity contribution in [3.05, 3.63) is 89.5 Å². The van der Waals surface area contributed by atoms with Crippen molar-refractivity contribution in [2.45, 2.75) is 26.3 Å². The number of carbonyl (C=O) groups is 2. The van der Waals surface area contributed by atoms with E-state index in [0.717, 1.165) is 22.3 Å². The summed E-state index contributed by atoms with van der Waals surface area (Å²) >= 11 is 0. The van der Waals surface area contributed by atoms with Gasteiger partial charge in [0, 0.05) is 11.3 Å². The molecule has 3 aromatic rings. The number of nitrogens with two attached hydrogens (primary N) is 1. The molecule has 0 heterocycles. The third-order valence-electron chi connectivity index (χ3n) is 4.88. The maximum atomic E-state index is 12.6. The average molecular weight is 387 g/mol. The number of urea groups is 1. The monoisotopic (exact) mass is 387 g/mol. The largest absolute Gasteiger partial charge is 0.366 e. The van der Waals surface area contributed by atoms with Gasteiger partial charge >= 0.3 is 6.03 Å². The van der Waals surface area contributed by atoms with Crippen molar-refractivity contribution in [1.82, 2.24) is 5.32 Å². The molecule has 0 unspecified atom stereocenters. The van der Waals surface area contributed by atoms with Crippen molar-refractivity contribution >= 4 is 17.6 Å². The predicted octanol–water partition coefficient (Wildman–Crippen LogP) is 4.82. The van der Waals surface area contributed by atoms with E-state index in [2.05, 4.69) is 28.8 Å². The highest BCUT2D eigenvalue weighted by Gasteiger charge is 2.23. The van der Waals surface area contributed by atoms with Crippen molar-refractivity contribution in [3.8, 4) is 11.1 Å². The Hall–Kier alpha value is -3.60. The van der Waals surface area contributed by atoms with Gasteiger partial charge in [-0.2, -0.15) is 0 Å². The van der Waals surface area contributed by atoms with Crippen LogP contribution >= 0.6 is 0 Å². The molecule has 0 aliphatic rings. The minimum absolute atomic E-state index is 0.362. The molecule has 0 radical (unpaired) electrons. The van der Waals surface area contributed by atoms with E-state index in [0.29, 0.717) is 11.3 Å². The van der Waals surface area contributed by atoms with Gasteiger partial charge in [0.05, 0.1) is 5.54 Å². The average Bonchev–Trinajstić information content (AvgIpc) is 2.69. The quantitative estimate of drug-likeness (QED) is 0.586. The molecule has 5 heteroatoms. The molecule has 5 nitrogen and oxygen atoms in total. The minimum Gasteiger partial charge on any atom is -0.366 e. The Morgan fingerprint density at radius 3 is 2.24 bits per heavy atom. The highest BCUT2D eigenvalue weighted by Crippen LogP contribution is 2.26. The van der Waals surface area contributed by atoms with Crippen LogP contribution in [0.15, 0.2) is 72.8 Å². The summed E-state index contributed by atoms with van der Waals surface area (Å²) in [4.78, 5) is 24.1. The molecule has 0 aliphatic carbocycles. The summed E-state index contributed by atoms with van der Waals surface area (Å²) < 4.78 is 0. The maximum absolute atomic E-state index is 12.6. The fourth-order valence-corrected chi connectivity index (χ4v) is 3.20. The Morgan fingerprint density at radius 2 is 1.55 bits per heavy atom. The number of aryl methyl sites for hydroxylation is 1. The first-order chi connectivity index (χ1) is 13.8. The Kier molecular flexibility index (Phi) is 5.69. The van der Waals surface area contributed by atoms with Gasteiger partial charge in [0.1, 0.15) is 0 Å². The molecule has 0 saturated heterocycles. The zero-order valence-electron chi connectivity index (χ0n) is 16.8. The zero-order valence-corrected chi connectivity index (χ0v) is 16.8. The standard InChI is InChI=1S/C24H25N3O2/c1-16-12-13-20(15-21(16)22(25)28)26-23(29)27-24(2,3)19-11-7-10-18(14-19)17-8-5-4-6-9-17/h4-15H,1-3H3,(H2,25,28)(H2,26,27,29). The number of primary amides is 1. The molecule has 29 heavy (non-hydrogen) atoms. The van der Waals surface area contributed by atoms with E-state index in [4.69, 9.17) is 5.73 Å². The van der Waals surface area contributed by atoms with E-state index in [1.807, 2.05) is 50.2 Å². The first-order valence-electron chi connectivity index (χ1n) is 9.42. The lowest BCUT2D eigenvalue weighted by Gasteiger charge is -2.27. The number of hydrogen-bond donors (Lipinski definition) is 3. The van der Waals surface area contributed by atoms with Gasteiger partial charge in [-0.1, -0.05) is 54.6 Å². The summed E-state index contributed by atoms with van der Waals surface area (Å²) in [5, 5.41) is 5.78. The zero-order chi connectivity index (χ0) is 21.0. The van der Waals surface area contributed by atoms with Crippen LogP contribution in [0.25, 0.3) is 11.1 Å². The van der Waals surface area contributed by atoms with Gasteiger partial charge in [0.25, 0.3) is 0 Å². The molecule has 3 rings (SSSR count). The van der Waals surface area contributed by atoms with Crippen molar-refractivity contribution in [1.29, 1.82) is 0 Å². The van der Waals surface area contributed by atoms with Crippen LogP contribution in [0.4, 0.5) is 10.5 Å². The molecule has 0 fully saturated rings. The molecule has 4 N–H and O–H groups in total. The van der Waals surface area contributed by atoms with Gasteiger partial charge in [-0.05, 0) is 61.2 Å². The van der Waals surface area contributed by atoms with E-state index in [1.165, 1.54) is 0 Å². The van der Waals surface area contributed by atoms with E-state index in [9.17, 15) is 9.59 Å². The molecule has 3 amide bonds. The van der Waals surface area contributed by atoms with E-state index < -0.39 is 11.4 Å². The van der Waals surface area contributed by atoms with Crippen LogP contribution in [0.5, 0.6) is 0 Å². The smallest absolute Gasteiger partial charge is 0.319 e. The summed E-state index contributed by atoms with van der Waals surface area (Å²) in [5.74, 6) is -0.524. The lowest BCUT2D eigenvalue weighted by Crippen LogP contribution is -2.43. The number of rotatable bonds is 5. The van der Waals surface area contributed by atoms with Crippen molar-refractivity contribution in [2.24, 2.45) is 5.73 Å². The first-order valence-corrected chi connectivity index (χ1v) is 9.42. The minimum atomic E-state index is -0.605. The van der Waals surface area contributed by atoms with Crippen molar-refractivity contribution in [3.63, 3.8) is 0 Å². The highest BCUT2D eigenvalue weighted by molar-refractivity contribution is 5.97. The van der Waals surface area contributed by atoms with E-state index in [1.54, 1.807) is 25.1 Å². The molecular weight excluding hydrogens is 362 g/mol. The molecule has 3 aromatic carbocycles. The summed E-state index contributed by atoms with van der Waals surface area (Å²) in [7, 11) is 0. The normalized spacial score (nSPS) is 11.0. The van der Waals surface area contributed by atoms with Crippen LogP contribution in [0.1, 0.15) is 35.3 Å². The van der Waals surface area contributed by atoms with Gasteiger partial charge in [-0.15, -0.1) is 0 Å². The molecule has 0 aromatic heterocycles. The first kappa shape index (κ1) is 20.1. The second kappa shape index (κ2) is 8.19. The second-order valence-corrected chi connectivity index (χ2v) is 7.54. The lowest BCUT2D eigenvalue weighted by atomic mass is 9.91. The molecular formula is C24H25N3O2. The Morgan fingerprint density at radius 1 is 0.862 bits per heavy atom. The molecule has 148 valence electrons. The van der Waals surface area contributed by atoms with E-state index in [-0.39, 0.29) is 6.03 Å². The van der Waals surface area contributed by atoms with Crippen LogP contribution in [0.2, 0.25) is 0 Å². The molecule has 0 saturated carbocycles. The Balaban J connectivity index is 1.76. The Bertz CT molecular complexity index is 1040. The van der Waals surface area contributed by atoms with Gasteiger partial charge in [-0.3, -0.25) is 4.79 Å².